The van der Waals surface area contributed by atoms with Crippen LogP contribution < -0.4 is 0 Å². The SMILES string of the molecule is Cc1cccc(C(O)c2cnnn2-c2ccccc2)c1I. The van der Waals surface area contributed by atoms with Gasteiger partial charge in [0.25, 0.3) is 0 Å². The third-order valence-electron chi connectivity index (χ3n) is 3.37. The normalized spacial score (nSPS) is 12.3. The molecule has 0 saturated carbocycles. The Labute approximate surface area is 136 Å². The first-order chi connectivity index (χ1) is 10.2. The third kappa shape index (κ3) is 2.71. The van der Waals surface area contributed by atoms with E-state index in [0.29, 0.717) is 5.69 Å². The molecule has 1 atom stereocenters. The van der Waals surface area contributed by atoms with E-state index in [0.717, 1.165) is 20.4 Å². The van der Waals surface area contributed by atoms with E-state index in [1.54, 1.807) is 10.9 Å². The molecule has 3 aromatic rings. The predicted molar refractivity (Wildman–Crippen MR) is 89.3 cm³/mol. The van der Waals surface area contributed by atoms with Crippen LogP contribution in [0, 0.1) is 10.5 Å². The summed E-state index contributed by atoms with van der Waals surface area (Å²) in [5, 5.41) is 18.8. The van der Waals surface area contributed by atoms with E-state index in [1.807, 2.05) is 55.5 Å². The molecule has 0 bridgehead atoms. The largest absolute Gasteiger partial charge is 0.382 e. The van der Waals surface area contributed by atoms with Gasteiger partial charge >= 0.3 is 0 Å². The molecule has 1 heterocycles. The molecule has 2 aromatic carbocycles. The van der Waals surface area contributed by atoms with Crippen molar-refractivity contribution in [2.45, 2.75) is 13.0 Å². The van der Waals surface area contributed by atoms with Crippen molar-refractivity contribution in [3.05, 3.63) is 75.1 Å². The van der Waals surface area contributed by atoms with Crippen molar-refractivity contribution in [3.8, 4) is 5.69 Å². The van der Waals surface area contributed by atoms with Crippen LogP contribution in [0.4, 0.5) is 0 Å². The smallest absolute Gasteiger partial charge is 0.124 e. The van der Waals surface area contributed by atoms with Gasteiger partial charge in [0.2, 0.25) is 0 Å². The van der Waals surface area contributed by atoms with Gasteiger partial charge in [0.1, 0.15) is 6.10 Å². The first-order valence-corrected chi connectivity index (χ1v) is 7.65. The lowest BCUT2D eigenvalue weighted by atomic mass is 10.0. The molecule has 0 aliphatic carbocycles. The lowest BCUT2D eigenvalue weighted by Crippen LogP contribution is -2.10. The summed E-state index contributed by atoms with van der Waals surface area (Å²) in [6, 6.07) is 15.6. The molecular formula is C16H14IN3O. The molecule has 0 aliphatic heterocycles. The minimum absolute atomic E-state index is 0.657. The molecule has 106 valence electrons. The zero-order valence-electron chi connectivity index (χ0n) is 11.4. The average molecular weight is 391 g/mol. The maximum Gasteiger partial charge on any atom is 0.124 e. The van der Waals surface area contributed by atoms with Gasteiger partial charge in [-0.15, -0.1) is 5.10 Å². The van der Waals surface area contributed by atoms with E-state index in [1.165, 1.54) is 0 Å². The van der Waals surface area contributed by atoms with Crippen LogP contribution >= 0.6 is 22.6 Å². The molecule has 1 aromatic heterocycles. The highest BCUT2D eigenvalue weighted by molar-refractivity contribution is 14.1. The molecule has 0 fully saturated rings. The van der Waals surface area contributed by atoms with Crippen molar-refractivity contribution in [3.63, 3.8) is 0 Å². The van der Waals surface area contributed by atoms with Crippen molar-refractivity contribution >= 4 is 22.6 Å². The fraction of sp³-hybridized carbons (Fsp3) is 0.125. The maximum atomic E-state index is 10.7. The average Bonchev–Trinajstić information content (AvgIpc) is 3.00. The highest BCUT2D eigenvalue weighted by atomic mass is 127. The first-order valence-electron chi connectivity index (χ1n) is 6.57. The van der Waals surface area contributed by atoms with E-state index in [4.69, 9.17) is 0 Å². The van der Waals surface area contributed by atoms with Crippen molar-refractivity contribution in [1.82, 2.24) is 15.0 Å². The van der Waals surface area contributed by atoms with Gasteiger partial charge in [-0.2, -0.15) is 0 Å². The second-order valence-corrected chi connectivity index (χ2v) is 5.87. The van der Waals surface area contributed by atoms with Crippen LogP contribution in [-0.2, 0) is 0 Å². The molecule has 1 unspecified atom stereocenters. The van der Waals surface area contributed by atoms with Gasteiger partial charge in [0.05, 0.1) is 17.6 Å². The molecule has 21 heavy (non-hydrogen) atoms. The summed E-state index contributed by atoms with van der Waals surface area (Å²) >= 11 is 2.26. The number of para-hydroxylation sites is 1. The number of aryl methyl sites for hydroxylation is 1. The van der Waals surface area contributed by atoms with Gasteiger partial charge in [-0.05, 0) is 47.2 Å². The first kappa shape index (κ1) is 14.2. The van der Waals surface area contributed by atoms with Crippen LogP contribution in [0.2, 0.25) is 0 Å². The summed E-state index contributed by atoms with van der Waals surface area (Å²) in [6.45, 7) is 2.03. The van der Waals surface area contributed by atoms with Crippen molar-refractivity contribution in [2.24, 2.45) is 0 Å². The van der Waals surface area contributed by atoms with E-state index in [2.05, 4.69) is 32.9 Å². The number of hydrogen-bond donors (Lipinski definition) is 1. The summed E-state index contributed by atoms with van der Waals surface area (Å²) in [6.07, 6.45) is 0.850. The Bertz CT molecular complexity index is 755. The quantitative estimate of drug-likeness (QED) is 0.698. The second kappa shape index (κ2) is 5.95. The lowest BCUT2D eigenvalue weighted by molar-refractivity contribution is 0.211. The number of aliphatic hydroxyl groups excluding tert-OH is 1. The molecule has 3 rings (SSSR count). The molecule has 0 amide bonds. The number of aliphatic hydroxyl groups is 1. The molecule has 1 N–H and O–H groups in total. The standard InChI is InChI=1S/C16H14IN3O/c1-11-6-5-9-13(15(11)17)16(21)14-10-18-19-20(14)12-7-3-2-4-8-12/h2-10,16,21H,1H3. The van der Waals surface area contributed by atoms with E-state index < -0.39 is 6.10 Å². The van der Waals surface area contributed by atoms with Gasteiger partial charge in [-0.1, -0.05) is 41.6 Å². The Morgan fingerprint density at radius 3 is 2.62 bits per heavy atom. The van der Waals surface area contributed by atoms with Gasteiger partial charge in [-0.25, -0.2) is 4.68 Å². The number of benzene rings is 2. The molecule has 0 aliphatic rings. The zero-order valence-corrected chi connectivity index (χ0v) is 13.6. The van der Waals surface area contributed by atoms with Crippen molar-refractivity contribution in [2.75, 3.05) is 0 Å². The molecule has 5 heteroatoms. The number of aromatic nitrogens is 3. The van der Waals surface area contributed by atoms with Gasteiger partial charge in [0, 0.05) is 9.13 Å². The summed E-state index contributed by atoms with van der Waals surface area (Å²) in [4.78, 5) is 0. The highest BCUT2D eigenvalue weighted by Gasteiger charge is 2.20. The predicted octanol–water partition coefficient (Wildman–Crippen LogP) is 3.26. The van der Waals surface area contributed by atoms with Crippen molar-refractivity contribution < 1.29 is 5.11 Å². The van der Waals surface area contributed by atoms with Crippen LogP contribution in [0.3, 0.4) is 0 Å². The molecule has 0 saturated heterocycles. The van der Waals surface area contributed by atoms with E-state index in [-0.39, 0.29) is 0 Å². The Hall–Kier alpha value is -1.73. The van der Waals surface area contributed by atoms with Crippen LogP contribution in [0.25, 0.3) is 5.69 Å². The van der Waals surface area contributed by atoms with Crippen LogP contribution in [-0.4, -0.2) is 20.1 Å². The van der Waals surface area contributed by atoms with Crippen LogP contribution in [0.1, 0.15) is 22.9 Å². The van der Waals surface area contributed by atoms with Crippen molar-refractivity contribution in [1.29, 1.82) is 0 Å². The van der Waals surface area contributed by atoms with Crippen LogP contribution in [0.5, 0.6) is 0 Å². The van der Waals surface area contributed by atoms with Gasteiger partial charge in [-0.3, -0.25) is 0 Å². The number of nitrogens with zero attached hydrogens (tertiary/aromatic N) is 3. The minimum atomic E-state index is -0.757. The zero-order chi connectivity index (χ0) is 14.8. The molecule has 4 nitrogen and oxygen atoms in total. The Morgan fingerprint density at radius 1 is 1.10 bits per heavy atom. The molecule has 0 radical (unpaired) electrons. The van der Waals surface area contributed by atoms with Gasteiger partial charge in [0.15, 0.2) is 0 Å². The van der Waals surface area contributed by atoms with E-state index >= 15 is 0 Å². The van der Waals surface area contributed by atoms with E-state index in [9.17, 15) is 5.11 Å². The topological polar surface area (TPSA) is 50.9 Å². The van der Waals surface area contributed by atoms with Gasteiger partial charge < -0.3 is 5.11 Å². The minimum Gasteiger partial charge on any atom is -0.382 e. The fourth-order valence-electron chi connectivity index (χ4n) is 2.24. The molecule has 0 spiro atoms. The van der Waals surface area contributed by atoms with Crippen LogP contribution in [0.15, 0.2) is 54.7 Å². The summed E-state index contributed by atoms with van der Waals surface area (Å²) < 4.78 is 2.73. The highest BCUT2D eigenvalue weighted by Crippen LogP contribution is 2.28. The maximum absolute atomic E-state index is 10.7. The number of halogens is 1. The third-order valence-corrected chi connectivity index (χ3v) is 4.85. The fourth-order valence-corrected chi connectivity index (χ4v) is 2.89. The molecular weight excluding hydrogens is 377 g/mol. The summed E-state index contributed by atoms with van der Waals surface area (Å²) in [5.41, 5.74) is 3.55. The second-order valence-electron chi connectivity index (χ2n) is 4.79. The Balaban J connectivity index is 2.06. The Morgan fingerprint density at radius 2 is 1.86 bits per heavy atom. The number of hydrogen-bond acceptors (Lipinski definition) is 3. The monoisotopic (exact) mass is 391 g/mol. The lowest BCUT2D eigenvalue weighted by Gasteiger charge is -2.15. The number of rotatable bonds is 3. The Kier molecular flexibility index (Phi) is 4.03. The summed E-state index contributed by atoms with van der Waals surface area (Å²) in [7, 11) is 0. The summed E-state index contributed by atoms with van der Waals surface area (Å²) in [5.74, 6) is 0.